The van der Waals surface area contributed by atoms with Gasteiger partial charge in [0.15, 0.2) is 0 Å². The second-order valence-corrected chi connectivity index (χ2v) is 4.09. The highest BCUT2D eigenvalue weighted by Gasteiger charge is 2.33. The fourth-order valence-electron chi connectivity index (χ4n) is 1.24. The van der Waals surface area contributed by atoms with Gasteiger partial charge in [0.05, 0.1) is 11.5 Å². The molecule has 1 aromatic carbocycles. The SMILES string of the molecule is CC.CC(=O)C(C)(C)C(O)c1ccccc1. The molecule has 1 aromatic rings. The van der Waals surface area contributed by atoms with Crippen LogP contribution in [0.4, 0.5) is 0 Å². The maximum atomic E-state index is 11.3. The third-order valence-corrected chi connectivity index (χ3v) is 2.71. The van der Waals surface area contributed by atoms with E-state index in [0.29, 0.717) is 0 Å². The van der Waals surface area contributed by atoms with Gasteiger partial charge in [-0.1, -0.05) is 58.0 Å². The van der Waals surface area contributed by atoms with E-state index in [9.17, 15) is 9.90 Å². The lowest BCUT2D eigenvalue weighted by molar-refractivity contribution is -0.131. The van der Waals surface area contributed by atoms with Crippen molar-refractivity contribution in [3.05, 3.63) is 35.9 Å². The van der Waals surface area contributed by atoms with Crippen LogP contribution in [0.15, 0.2) is 30.3 Å². The Morgan fingerprint density at radius 2 is 1.62 bits per heavy atom. The third-order valence-electron chi connectivity index (χ3n) is 2.71. The Balaban J connectivity index is 0.00000106. The number of hydrogen-bond donors (Lipinski definition) is 1. The molecule has 0 bridgehead atoms. The third kappa shape index (κ3) is 3.46. The molecule has 0 aliphatic rings. The lowest BCUT2D eigenvalue weighted by Gasteiger charge is -2.27. The summed E-state index contributed by atoms with van der Waals surface area (Å²) in [6, 6.07) is 9.26. The second-order valence-electron chi connectivity index (χ2n) is 4.09. The van der Waals surface area contributed by atoms with Crippen LogP contribution in [0.3, 0.4) is 0 Å². The minimum Gasteiger partial charge on any atom is -0.387 e. The molecule has 2 nitrogen and oxygen atoms in total. The van der Waals surface area contributed by atoms with Gasteiger partial charge in [-0.2, -0.15) is 0 Å². The van der Waals surface area contributed by atoms with Crippen molar-refractivity contribution in [2.24, 2.45) is 5.41 Å². The van der Waals surface area contributed by atoms with Crippen LogP contribution < -0.4 is 0 Å². The lowest BCUT2D eigenvalue weighted by atomic mass is 9.79. The first-order valence-corrected chi connectivity index (χ1v) is 5.70. The Morgan fingerprint density at radius 3 is 2.00 bits per heavy atom. The summed E-state index contributed by atoms with van der Waals surface area (Å²) in [4.78, 5) is 11.3. The highest BCUT2D eigenvalue weighted by molar-refractivity contribution is 5.82. The molecule has 1 N–H and O–H groups in total. The van der Waals surface area contributed by atoms with E-state index in [0.717, 1.165) is 5.56 Å². The first-order chi connectivity index (χ1) is 7.46. The highest BCUT2D eigenvalue weighted by atomic mass is 16.3. The monoisotopic (exact) mass is 222 g/mol. The van der Waals surface area contributed by atoms with E-state index in [-0.39, 0.29) is 5.78 Å². The number of aliphatic hydroxyl groups excluding tert-OH is 1. The highest BCUT2D eigenvalue weighted by Crippen LogP contribution is 2.33. The standard InChI is InChI=1S/C12H16O2.C2H6/c1-9(13)12(2,3)11(14)10-7-5-4-6-8-10;1-2/h4-8,11,14H,1-3H3;1-2H3. The van der Waals surface area contributed by atoms with Gasteiger partial charge in [-0.05, 0) is 12.5 Å². The Bertz CT molecular complexity index is 315. The summed E-state index contributed by atoms with van der Waals surface area (Å²) < 4.78 is 0. The van der Waals surface area contributed by atoms with E-state index in [2.05, 4.69) is 0 Å². The van der Waals surface area contributed by atoms with Gasteiger partial charge in [-0.25, -0.2) is 0 Å². The quantitative estimate of drug-likeness (QED) is 0.851. The topological polar surface area (TPSA) is 37.3 Å². The van der Waals surface area contributed by atoms with Gasteiger partial charge in [0, 0.05) is 0 Å². The zero-order valence-corrected chi connectivity index (χ0v) is 10.8. The molecule has 0 saturated carbocycles. The Labute approximate surface area is 98.3 Å². The molecule has 0 aliphatic carbocycles. The summed E-state index contributed by atoms with van der Waals surface area (Å²) >= 11 is 0. The number of hydrogen-bond acceptors (Lipinski definition) is 2. The summed E-state index contributed by atoms with van der Waals surface area (Å²) in [6.07, 6.45) is -0.735. The summed E-state index contributed by atoms with van der Waals surface area (Å²) in [5.41, 5.74) is 0.0640. The molecule has 1 rings (SSSR count). The Kier molecular flexibility index (Phi) is 5.97. The number of Topliss-reactive ketones (excluding diaryl/α,β-unsaturated/α-hetero) is 1. The number of rotatable bonds is 3. The smallest absolute Gasteiger partial charge is 0.138 e. The van der Waals surface area contributed by atoms with E-state index in [4.69, 9.17) is 0 Å². The van der Waals surface area contributed by atoms with Crippen molar-refractivity contribution in [2.45, 2.75) is 40.7 Å². The molecule has 1 atom stereocenters. The van der Waals surface area contributed by atoms with Crippen LogP contribution in [-0.4, -0.2) is 10.9 Å². The molecule has 0 saturated heterocycles. The lowest BCUT2D eigenvalue weighted by Crippen LogP contribution is -2.29. The van der Waals surface area contributed by atoms with Gasteiger partial charge in [-0.3, -0.25) is 4.79 Å². The minimum atomic E-state index is -0.735. The first-order valence-electron chi connectivity index (χ1n) is 5.70. The van der Waals surface area contributed by atoms with Crippen molar-refractivity contribution >= 4 is 5.78 Å². The van der Waals surface area contributed by atoms with Crippen LogP contribution in [0.25, 0.3) is 0 Å². The maximum absolute atomic E-state index is 11.3. The molecule has 16 heavy (non-hydrogen) atoms. The summed E-state index contributed by atoms with van der Waals surface area (Å²) in [5, 5.41) is 10.00. The van der Waals surface area contributed by atoms with Gasteiger partial charge in [-0.15, -0.1) is 0 Å². The maximum Gasteiger partial charge on any atom is 0.138 e. The van der Waals surface area contributed by atoms with Gasteiger partial charge < -0.3 is 5.11 Å². The fourth-order valence-corrected chi connectivity index (χ4v) is 1.24. The van der Waals surface area contributed by atoms with E-state index in [1.54, 1.807) is 13.8 Å². The zero-order valence-electron chi connectivity index (χ0n) is 10.8. The molecule has 90 valence electrons. The first kappa shape index (κ1) is 14.8. The van der Waals surface area contributed by atoms with Crippen molar-refractivity contribution in [1.29, 1.82) is 0 Å². The second kappa shape index (κ2) is 6.44. The number of carbonyl (C=O) groups is 1. The fraction of sp³-hybridized carbons (Fsp3) is 0.500. The van der Waals surface area contributed by atoms with Crippen LogP contribution in [0, 0.1) is 5.41 Å². The van der Waals surface area contributed by atoms with Gasteiger partial charge >= 0.3 is 0 Å². The minimum absolute atomic E-state index is 0.00569. The number of carbonyl (C=O) groups excluding carboxylic acids is 1. The van der Waals surface area contributed by atoms with Crippen molar-refractivity contribution in [2.75, 3.05) is 0 Å². The van der Waals surface area contributed by atoms with E-state index in [1.165, 1.54) is 6.92 Å². The zero-order chi connectivity index (χ0) is 12.8. The number of ketones is 1. The van der Waals surface area contributed by atoms with Crippen molar-refractivity contribution in [1.82, 2.24) is 0 Å². The Hall–Kier alpha value is -1.15. The summed E-state index contributed by atoms with van der Waals surface area (Å²) in [5.74, 6) is -0.00569. The molecule has 0 radical (unpaired) electrons. The summed E-state index contributed by atoms with van der Waals surface area (Å²) in [7, 11) is 0. The molecule has 0 spiro atoms. The van der Waals surface area contributed by atoms with Crippen molar-refractivity contribution < 1.29 is 9.90 Å². The van der Waals surface area contributed by atoms with E-state index >= 15 is 0 Å². The molecule has 2 heteroatoms. The molecule has 0 fully saturated rings. The molecule has 1 unspecified atom stereocenters. The summed E-state index contributed by atoms with van der Waals surface area (Å²) in [6.45, 7) is 9.02. The number of benzene rings is 1. The molecular weight excluding hydrogens is 200 g/mol. The molecule has 0 aliphatic heterocycles. The normalized spacial score (nSPS) is 12.4. The van der Waals surface area contributed by atoms with Crippen LogP contribution in [0.2, 0.25) is 0 Å². The van der Waals surface area contributed by atoms with Crippen LogP contribution in [0.5, 0.6) is 0 Å². The Morgan fingerprint density at radius 1 is 1.19 bits per heavy atom. The van der Waals surface area contributed by atoms with Gasteiger partial charge in [0.2, 0.25) is 0 Å². The molecule has 0 heterocycles. The van der Waals surface area contributed by atoms with Gasteiger partial charge in [0.25, 0.3) is 0 Å². The van der Waals surface area contributed by atoms with E-state index in [1.807, 2.05) is 44.2 Å². The average Bonchev–Trinajstić information content (AvgIpc) is 2.31. The number of aliphatic hydroxyl groups is 1. The average molecular weight is 222 g/mol. The van der Waals surface area contributed by atoms with E-state index < -0.39 is 11.5 Å². The predicted octanol–water partition coefficient (Wildman–Crippen LogP) is 3.36. The molecule has 0 amide bonds. The van der Waals surface area contributed by atoms with Crippen molar-refractivity contribution in [3.63, 3.8) is 0 Å². The van der Waals surface area contributed by atoms with Crippen LogP contribution >= 0.6 is 0 Å². The van der Waals surface area contributed by atoms with Crippen LogP contribution in [0.1, 0.15) is 46.3 Å². The molecular formula is C14H22O2. The predicted molar refractivity (Wildman–Crippen MR) is 67.2 cm³/mol. The molecule has 0 aromatic heterocycles. The largest absolute Gasteiger partial charge is 0.387 e. The van der Waals surface area contributed by atoms with Crippen molar-refractivity contribution in [3.8, 4) is 0 Å². The van der Waals surface area contributed by atoms with Gasteiger partial charge in [0.1, 0.15) is 5.78 Å². The van der Waals surface area contributed by atoms with Crippen LogP contribution in [-0.2, 0) is 4.79 Å².